The summed E-state index contributed by atoms with van der Waals surface area (Å²) >= 11 is 0. The van der Waals surface area contributed by atoms with E-state index in [1.807, 2.05) is 0 Å². The number of rotatable bonds is 4. The molecule has 25 heavy (non-hydrogen) atoms. The van der Waals surface area contributed by atoms with Crippen molar-refractivity contribution in [1.82, 2.24) is 14.5 Å². The van der Waals surface area contributed by atoms with Crippen molar-refractivity contribution < 1.29 is 17.9 Å². The second-order valence-corrected chi connectivity index (χ2v) is 8.38. The van der Waals surface area contributed by atoms with Gasteiger partial charge in [-0.3, -0.25) is 0 Å². The molecule has 1 aliphatic carbocycles. The second kappa shape index (κ2) is 7.61. The van der Waals surface area contributed by atoms with Crippen LogP contribution in [0.4, 0.5) is 4.79 Å². The molecule has 0 radical (unpaired) electrons. The topological polar surface area (TPSA) is 79.0 Å². The van der Waals surface area contributed by atoms with Gasteiger partial charge in [0.1, 0.15) is 10.6 Å². The number of nitrogens with one attached hydrogen (secondary N) is 1. The summed E-state index contributed by atoms with van der Waals surface area (Å²) in [5, 5.41) is 3.05. The number of nitrogens with zero attached hydrogens (tertiary/aromatic N) is 2. The van der Waals surface area contributed by atoms with Crippen LogP contribution in [0, 0.1) is 0 Å². The maximum atomic E-state index is 12.8. The van der Waals surface area contributed by atoms with Crippen LogP contribution in [-0.4, -0.2) is 63.0 Å². The third kappa shape index (κ3) is 3.90. The summed E-state index contributed by atoms with van der Waals surface area (Å²) in [5.41, 5.74) is 0. The summed E-state index contributed by atoms with van der Waals surface area (Å²) in [6, 6.07) is 6.79. The average Bonchev–Trinajstić information content (AvgIpc) is 3.14. The van der Waals surface area contributed by atoms with Crippen LogP contribution < -0.4 is 10.1 Å². The zero-order chi connectivity index (χ0) is 17.9. The molecule has 2 fully saturated rings. The lowest BCUT2D eigenvalue weighted by molar-refractivity contribution is 0.169. The highest BCUT2D eigenvalue weighted by Gasteiger charge is 2.32. The summed E-state index contributed by atoms with van der Waals surface area (Å²) < 4.78 is 32.3. The Morgan fingerprint density at radius 3 is 2.40 bits per heavy atom. The summed E-state index contributed by atoms with van der Waals surface area (Å²) in [6.07, 6.45) is 4.40. The summed E-state index contributed by atoms with van der Waals surface area (Å²) in [7, 11) is -2.17. The molecule has 0 aromatic heterocycles. The maximum Gasteiger partial charge on any atom is 0.317 e. The molecule has 0 unspecified atom stereocenters. The molecule has 2 aliphatic rings. The average molecular weight is 367 g/mol. The highest BCUT2D eigenvalue weighted by atomic mass is 32.2. The van der Waals surface area contributed by atoms with Gasteiger partial charge in [0.2, 0.25) is 10.0 Å². The molecule has 7 nitrogen and oxygen atoms in total. The number of carbonyl (C=O) groups is 1. The first kappa shape index (κ1) is 18.0. The fraction of sp³-hybridized carbons (Fsp3) is 0.588. The Morgan fingerprint density at radius 1 is 1.12 bits per heavy atom. The number of benzene rings is 1. The third-order valence-corrected chi connectivity index (χ3v) is 6.83. The fourth-order valence-electron chi connectivity index (χ4n) is 3.44. The maximum absolute atomic E-state index is 12.8. The number of methoxy groups -OCH3 is 1. The molecule has 1 aromatic carbocycles. The molecule has 0 bridgehead atoms. The van der Waals surface area contributed by atoms with Gasteiger partial charge in [-0.2, -0.15) is 4.31 Å². The molecule has 1 heterocycles. The fourth-order valence-corrected chi connectivity index (χ4v) is 5.02. The minimum absolute atomic E-state index is 0.0822. The molecular formula is C17H25N3O4S. The van der Waals surface area contributed by atoms with E-state index >= 15 is 0 Å². The van der Waals surface area contributed by atoms with E-state index in [1.54, 1.807) is 29.2 Å². The predicted molar refractivity (Wildman–Crippen MR) is 94.1 cm³/mol. The zero-order valence-electron chi connectivity index (χ0n) is 14.5. The molecule has 0 atom stereocenters. The Labute approximate surface area is 149 Å². The molecule has 138 valence electrons. The highest BCUT2D eigenvalue weighted by Crippen LogP contribution is 2.27. The number of piperazine rings is 1. The van der Waals surface area contributed by atoms with Crippen molar-refractivity contribution in [3.8, 4) is 5.75 Å². The molecule has 2 amide bonds. The van der Waals surface area contributed by atoms with Gasteiger partial charge in [0.15, 0.2) is 0 Å². The monoisotopic (exact) mass is 367 g/mol. The Hall–Kier alpha value is -1.80. The van der Waals surface area contributed by atoms with Crippen LogP contribution in [0.25, 0.3) is 0 Å². The lowest BCUT2D eigenvalue weighted by Gasteiger charge is -2.34. The minimum atomic E-state index is -3.63. The largest absolute Gasteiger partial charge is 0.495 e. The summed E-state index contributed by atoms with van der Waals surface area (Å²) in [4.78, 5) is 14.2. The summed E-state index contributed by atoms with van der Waals surface area (Å²) in [5.74, 6) is 0.337. The van der Waals surface area contributed by atoms with Crippen molar-refractivity contribution >= 4 is 16.1 Å². The number of para-hydroxylation sites is 1. The number of ether oxygens (including phenoxy) is 1. The van der Waals surface area contributed by atoms with Crippen molar-refractivity contribution in [2.45, 2.75) is 36.6 Å². The van der Waals surface area contributed by atoms with Crippen LogP contribution in [0.1, 0.15) is 25.7 Å². The predicted octanol–water partition coefficient (Wildman–Crippen LogP) is 1.65. The molecule has 1 aliphatic heterocycles. The molecule has 1 N–H and O–H groups in total. The van der Waals surface area contributed by atoms with Crippen molar-refractivity contribution in [3.05, 3.63) is 24.3 Å². The Balaban J connectivity index is 1.62. The normalized spacial score (nSPS) is 19.8. The SMILES string of the molecule is COc1ccccc1S(=O)(=O)N1CCN(C(=O)NC2CCCC2)CC1. The van der Waals surface area contributed by atoms with Gasteiger partial charge in [0, 0.05) is 32.2 Å². The van der Waals surface area contributed by atoms with E-state index in [0.29, 0.717) is 31.9 Å². The lowest BCUT2D eigenvalue weighted by Crippen LogP contribution is -2.54. The van der Waals surface area contributed by atoms with E-state index in [0.717, 1.165) is 25.7 Å². The van der Waals surface area contributed by atoms with E-state index in [-0.39, 0.29) is 17.0 Å². The molecule has 3 rings (SSSR count). The number of hydrogen-bond donors (Lipinski definition) is 1. The minimum Gasteiger partial charge on any atom is -0.495 e. The van der Waals surface area contributed by atoms with Gasteiger partial charge >= 0.3 is 6.03 Å². The molecule has 1 aromatic rings. The van der Waals surface area contributed by atoms with Crippen molar-refractivity contribution in [2.24, 2.45) is 0 Å². The number of hydrogen-bond acceptors (Lipinski definition) is 4. The van der Waals surface area contributed by atoms with E-state index < -0.39 is 10.0 Å². The summed E-state index contributed by atoms with van der Waals surface area (Å²) in [6.45, 7) is 1.37. The number of sulfonamides is 1. The van der Waals surface area contributed by atoms with Gasteiger partial charge in [0.05, 0.1) is 7.11 Å². The standard InChI is InChI=1S/C17H25N3O4S/c1-24-15-8-4-5-9-16(15)25(22,23)20-12-10-19(11-13-20)17(21)18-14-6-2-3-7-14/h4-5,8-9,14H,2-3,6-7,10-13H2,1H3,(H,18,21). The first-order valence-corrected chi connectivity index (χ1v) is 10.1. The van der Waals surface area contributed by atoms with Gasteiger partial charge in [0.25, 0.3) is 0 Å². The first-order chi connectivity index (χ1) is 12.0. The van der Waals surface area contributed by atoms with Crippen LogP contribution in [0.2, 0.25) is 0 Å². The van der Waals surface area contributed by atoms with Crippen LogP contribution in [0.15, 0.2) is 29.2 Å². The first-order valence-electron chi connectivity index (χ1n) is 8.71. The zero-order valence-corrected chi connectivity index (χ0v) is 15.3. The van der Waals surface area contributed by atoms with Crippen LogP contribution in [0.3, 0.4) is 0 Å². The molecule has 1 saturated heterocycles. The Morgan fingerprint density at radius 2 is 1.76 bits per heavy atom. The number of urea groups is 1. The smallest absolute Gasteiger partial charge is 0.317 e. The van der Waals surface area contributed by atoms with E-state index in [9.17, 15) is 13.2 Å². The van der Waals surface area contributed by atoms with E-state index in [1.165, 1.54) is 11.4 Å². The lowest BCUT2D eigenvalue weighted by atomic mass is 10.2. The Kier molecular flexibility index (Phi) is 5.48. The molecule has 8 heteroatoms. The van der Waals surface area contributed by atoms with Crippen molar-refractivity contribution in [1.29, 1.82) is 0 Å². The highest BCUT2D eigenvalue weighted by molar-refractivity contribution is 7.89. The van der Waals surface area contributed by atoms with Gasteiger partial charge in [-0.1, -0.05) is 25.0 Å². The van der Waals surface area contributed by atoms with Gasteiger partial charge < -0.3 is 15.0 Å². The molecular weight excluding hydrogens is 342 g/mol. The van der Waals surface area contributed by atoms with Gasteiger partial charge in [-0.05, 0) is 25.0 Å². The van der Waals surface area contributed by atoms with Gasteiger partial charge in [-0.15, -0.1) is 0 Å². The number of carbonyl (C=O) groups excluding carboxylic acids is 1. The van der Waals surface area contributed by atoms with E-state index in [2.05, 4.69) is 5.32 Å². The van der Waals surface area contributed by atoms with E-state index in [4.69, 9.17) is 4.74 Å². The molecule has 0 spiro atoms. The molecule has 1 saturated carbocycles. The third-order valence-electron chi connectivity index (χ3n) is 4.90. The van der Waals surface area contributed by atoms with Crippen molar-refractivity contribution in [2.75, 3.05) is 33.3 Å². The van der Waals surface area contributed by atoms with Crippen LogP contribution >= 0.6 is 0 Å². The van der Waals surface area contributed by atoms with Crippen LogP contribution in [0.5, 0.6) is 5.75 Å². The van der Waals surface area contributed by atoms with Gasteiger partial charge in [-0.25, -0.2) is 13.2 Å². The van der Waals surface area contributed by atoms with Crippen LogP contribution in [-0.2, 0) is 10.0 Å². The quantitative estimate of drug-likeness (QED) is 0.878. The second-order valence-electron chi connectivity index (χ2n) is 6.47. The van der Waals surface area contributed by atoms with Crippen molar-refractivity contribution in [3.63, 3.8) is 0 Å². The number of amides is 2. The Bertz CT molecular complexity index is 708.